The van der Waals surface area contributed by atoms with Gasteiger partial charge in [0.15, 0.2) is 18.1 Å². The van der Waals surface area contributed by atoms with Crippen LogP contribution < -0.4 is 14.9 Å². The normalized spacial score (nSPS) is 13.9. The minimum atomic E-state index is -0.336. The van der Waals surface area contributed by atoms with Crippen LogP contribution >= 0.6 is 0 Å². The van der Waals surface area contributed by atoms with Crippen molar-refractivity contribution in [3.8, 4) is 11.5 Å². The van der Waals surface area contributed by atoms with E-state index in [0.717, 1.165) is 0 Å². The highest BCUT2D eigenvalue weighted by Gasteiger charge is 2.18. The maximum Gasteiger partial charge on any atom is 0.271 e. The van der Waals surface area contributed by atoms with Crippen LogP contribution in [-0.2, 0) is 9.53 Å². The number of carbonyl (C=O) groups is 2. The van der Waals surface area contributed by atoms with Crippen LogP contribution in [0.4, 0.5) is 0 Å². The summed E-state index contributed by atoms with van der Waals surface area (Å²) in [6.07, 6.45) is 4.56. The molecule has 29 heavy (non-hydrogen) atoms. The molecule has 0 unspecified atom stereocenters. The van der Waals surface area contributed by atoms with E-state index in [9.17, 15) is 9.59 Å². The first kappa shape index (κ1) is 20.3. The van der Waals surface area contributed by atoms with Crippen molar-refractivity contribution >= 4 is 18.0 Å². The summed E-state index contributed by atoms with van der Waals surface area (Å²) in [5, 5.41) is 3.94. The van der Waals surface area contributed by atoms with E-state index >= 15 is 0 Å². The van der Waals surface area contributed by atoms with Crippen LogP contribution in [0.2, 0.25) is 0 Å². The number of methoxy groups -OCH3 is 1. The summed E-state index contributed by atoms with van der Waals surface area (Å²) in [4.78, 5) is 29.7. The van der Waals surface area contributed by atoms with Crippen LogP contribution in [0.15, 0.2) is 47.8 Å². The number of nitrogens with zero attached hydrogens (tertiary/aromatic N) is 3. The highest BCUT2D eigenvalue weighted by atomic mass is 16.5. The number of carbonyl (C=O) groups excluding carboxylic acids is 2. The molecule has 0 bridgehead atoms. The highest BCUT2D eigenvalue weighted by molar-refractivity contribution is 5.94. The molecule has 1 aromatic carbocycles. The van der Waals surface area contributed by atoms with Crippen molar-refractivity contribution in [2.75, 3.05) is 40.0 Å². The van der Waals surface area contributed by atoms with Gasteiger partial charge in [-0.1, -0.05) is 0 Å². The third kappa shape index (κ3) is 5.76. The minimum Gasteiger partial charge on any atom is -0.493 e. The van der Waals surface area contributed by atoms with Crippen molar-refractivity contribution in [3.63, 3.8) is 0 Å². The number of benzene rings is 1. The van der Waals surface area contributed by atoms with E-state index in [4.69, 9.17) is 14.2 Å². The highest BCUT2D eigenvalue weighted by Crippen LogP contribution is 2.27. The number of hydrogen-bond acceptors (Lipinski definition) is 7. The molecule has 1 aliphatic rings. The Bertz CT molecular complexity index is 866. The SMILES string of the molecule is COc1cc(/C=N\NC(=O)c2ccncc2)ccc1OCC(=O)N1CCOCC1. The topological polar surface area (TPSA) is 102 Å². The van der Waals surface area contributed by atoms with E-state index < -0.39 is 0 Å². The van der Waals surface area contributed by atoms with Gasteiger partial charge in [0.1, 0.15) is 0 Å². The Hall–Kier alpha value is -3.46. The molecular weight excluding hydrogens is 376 g/mol. The molecule has 9 nitrogen and oxygen atoms in total. The molecule has 1 aromatic heterocycles. The Morgan fingerprint density at radius 2 is 1.97 bits per heavy atom. The van der Waals surface area contributed by atoms with Gasteiger partial charge in [0.05, 0.1) is 26.5 Å². The summed E-state index contributed by atoms with van der Waals surface area (Å²) in [6, 6.07) is 8.34. The van der Waals surface area contributed by atoms with Crippen molar-refractivity contribution in [1.29, 1.82) is 0 Å². The van der Waals surface area contributed by atoms with Gasteiger partial charge < -0.3 is 19.1 Å². The number of aromatic nitrogens is 1. The maximum atomic E-state index is 12.2. The molecule has 2 aromatic rings. The zero-order valence-corrected chi connectivity index (χ0v) is 16.0. The van der Waals surface area contributed by atoms with Crippen molar-refractivity contribution in [1.82, 2.24) is 15.3 Å². The lowest BCUT2D eigenvalue weighted by molar-refractivity contribution is -0.137. The van der Waals surface area contributed by atoms with Crippen molar-refractivity contribution in [2.24, 2.45) is 5.10 Å². The smallest absolute Gasteiger partial charge is 0.271 e. The predicted molar refractivity (Wildman–Crippen MR) is 105 cm³/mol. The first-order valence-electron chi connectivity index (χ1n) is 9.07. The molecule has 1 saturated heterocycles. The summed E-state index contributed by atoms with van der Waals surface area (Å²) in [6.45, 7) is 2.15. The minimum absolute atomic E-state index is 0.0776. The number of amides is 2. The number of hydrazone groups is 1. The van der Waals surface area contributed by atoms with E-state index in [2.05, 4.69) is 15.5 Å². The maximum absolute atomic E-state index is 12.2. The average molecular weight is 398 g/mol. The van der Waals surface area contributed by atoms with Crippen LogP contribution in [0, 0.1) is 0 Å². The lowest BCUT2D eigenvalue weighted by Crippen LogP contribution is -2.43. The van der Waals surface area contributed by atoms with Gasteiger partial charge >= 0.3 is 0 Å². The predicted octanol–water partition coefficient (Wildman–Crippen LogP) is 1.09. The fourth-order valence-corrected chi connectivity index (χ4v) is 2.66. The molecular formula is C20H22N4O5. The van der Waals surface area contributed by atoms with Crippen molar-refractivity contribution in [3.05, 3.63) is 53.9 Å². The monoisotopic (exact) mass is 398 g/mol. The molecule has 0 saturated carbocycles. The number of pyridine rings is 1. The lowest BCUT2D eigenvalue weighted by atomic mass is 10.2. The Morgan fingerprint density at radius 1 is 1.21 bits per heavy atom. The quantitative estimate of drug-likeness (QED) is 0.553. The summed E-state index contributed by atoms with van der Waals surface area (Å²) in [5.74, 6) is 0.480. The van der Waals surface area contributed by atoms with Crippen LogP contribution in [0.3, 0.4) is 0 Å². The Kier molecular flexibility index (Phi) is 7.12. The fraction of sp³-hybridized carbons (Fsp3) is 0.300. The Morgan fingerprint density at radius 3 is 2.69 bits per heavy atom. The molecule has 1 aliphatic heterocycles. The molecule has 0 atom stereocenters. The van der Waals surface area contributed by atoms with Crippen molar-refractivity contribution < 1.29 is 23.8 Å². The number of rotatable bonds is 7. The van der Waals surface area contributed by atoms with Crippen LogP contribution in [0.5, 0.6) is 11.5 Å². The molecule has 0 aliphatic carbocycles. The third-order valence-corrected chi connectivity index (χ3v) is 4.22. The van der Waals surface area contributed by atoms with E-state index in [1.807, 2.05) is 0 Å². The molecule has 1 fully saturated rings. The van der Waals surface area contributed by atoms with E-state index in [1.165, 1.54) is 25.7 Å². The number of nitrogens with one attached hydrogen (secondary N) is 1. The zero-order valence-electron chi connectivity index (χ0n) is 16.0. The lowest BCUT2D eigenvalue weighted by Gasteiger charge is -2.26. The molecule has 2 heterocycles. The van der Waals surface area contributed by atoms with Gasteiger partial charge in [-0.2, -0.15) is 5.10 Å². The Balaban J connectivity index is 1.56. The first-order chi connectivity index (χ1) is 14.2. The second-order valence-corrected chi connectivity index (χ2v) is 6.13. The van der Waals surface area contributed by atoms with Crippen molar-refractivity contribution in [2.45, 2.75) is 0 Å². The van der Waals surface area contributed by atoms with Gasteiger partial charge in [0.25, 0.3) is 11.8 Å². The van der Waals surface area contributed by atoms with E-state index in [0.29, 0.717) is 48.9 Å². The molecule has 1 N–H and O–H groups in total. The van der Waals surface area contributed by atoms with Gasteiger partial charge in [-0.05, 0) is 35.9 Å². The summed E-state index contributed by atoms with van der Waals surface area (Å²) in [5.41, 5.74) is 3.61. The first-order valence-corrected chi connectivity index (χ1v) is 9.07. The molecule has 0 radical (unpaired) electrons. The summed E-state index contributed by atoms with van der Waals surface area (Å²) >= 11 is 0. The van der Waals surface area contributed by atoms with Gasteiger partial charge in [0.2, 0.25) is 0 Å². The number of ether oxygens (including phenoxy) is 3. The van der Waals surface area contributed by atoms with E-state index in [-0.39, 0.29) is 18.4 Å². The standard InChI is InChI=1S/C20H22N4O5/c1-27-18-12-15(13-22-23-20(26)16-4-6-21-7-5-16)2-3-17(18)29-14-19(25)24-8-10-28-11-9-24/h2-7,12-13H,8-11,14H2,1H3,(H,23,26)/b22-13-. The van der Waals surface area contributed by atoms with Crippen LogP contribution in [0.25, 0.3) is 0 Å². The fourth-order valence-electron chi connectivity index (χ4n) is 2.66. The third-order valence-electron chi connectivity index (χ3n) is 4.22. The van der Waals surface area contributed by atoms with Crippen LogP contribution in [0.1, 0.15) is 15.9 Å². The van der Waals surface area contributed by atoms with E-state index in [1.54, 1.807) is 35.2 Å². The van der Waals surface area contributed by atoms with Gasteiger partial charge in [-0.25, -0.2) is 5.43 Å². The molecule has 0 spiro atoms. The molecule has 9 heteroatoms. The molecule has 2 amide bonds. The second-order valence-electron chi connectivity index (χ2n) is 6.13. The number of morpholine rings is 1. The van der Waals surface area contributed by atoms with Crippen LogP contribution in [-0.4, -0.2) is 67.9 Å². The summed E-state index contributed by atoms with van der Waals surface area (Å²) < 4.78 is 16.2. The largest absolute Gasteiger partial charge is 0.493 e. The average Bonchev–Trinajstić information content (AvgIpc) is 2.78. The molecule has 152 valence electrons. The Labute approximate surface area is 168 Å². The second kappa shape index (κ2) is 10.2. The van der Waals surface area contributed by atoms with Gasteiger partial charge in [-0.3, -0.25) is 14.6 Å². The number of hydrogen-bond donors (Lipinski definition) is 1. The summed E-state index contributed by atoms with van der Waals surface area (Å²) in [7, 11) is 1.51. The van der Waals surface area contributed by atoms with Gasteiger partial charge in [0, 0.05) is 31.0 Å². The zero-order chi connectivity index (χ0) is 20.5. The molecule has 3 rings (SSSR count). The van der Waals surface area contributed by atoms with Gasteiger partial charge in [-0.15, -0.1) is 0 Å².